The number of likely N-dealkylation sites (tertiary alicyclic amines) is 2. The van der Waals surface area contributed by atoms with E-state index in [0.717, 1.165) is 50.9 Å². The molecular weight excluding hydrogens is 423 g/mol. The molecule has 2 aromatic heterocycles. The SMILES string of the molecule is CO/N=C(/c1ccncc1F)C1CCN(C(=O)C2CCN(Cc3ccnc(N)c3)CC2)CC1. The number of aromatic nitrogens is 2. The largest absolute Gasteiger partial charge is 0.399 e. The number of nitrogens with zero attached hydrogens (tertiary/aromatic N) is 5. The zero-order valence-electron chi connectivity index (χ0n) is 19.0. The molecular formula is C24H31FN6O2. The van der Waals surface area contributed by atoms with Crippen LogP contribution in [0.2, 0.25) is 0 Å². The number of carbonyl (C=O) groups is 1. The topological polar surface area (TPSA) is 96.9 Å². The van der Waals surface area contributed by atoms with Gasteiger partial charge in [-0.25, -0.2) is 9.37 Å². The first-order valence-electron chi connectivity index (χ1n) is 11.5. The fourth-order valence-corrected chi connectivity index (χ4v) is 4.85. The molecule has 0 atom stereocenters. The van der Waals surface area contributed by atoms with E-state index in [0.29, 0.717) is 30.2 Å². The van der Waals surface area contributed by atoms with Crippen LogP contribution in [0.3, 0.4) is 0 Å². The molecule has 2 saturated heterocycles. The second-order valence-corrected chi connectivity index (χ2v) is 8.75. The molecule has 0 bridgehead atoms. The van der Waals surface area contributed by atoms with Gasteiger partial charge in [0.05, 0.1) is 11.9 Å². The second-order valence-electron chi connectivity index (χ2n) is 8.75. The Hall–Kier alpha value is -3.07. The summed E-state index contributed by atoms with van der Waals surface area (Å²) in [6.45, 7) is 3.90. The molecule has 2 N–H and O–H groups in total. The van der Waals surface area contributed by atoms with E-state index >= 15 is 0 Å². The van der Waals surface area contributed by atoms with E-state index in [1.165, 1.54) is 13.3 Å². The first-order valence-corrected chi connectivity index (χ1v) is 11.5. The highest BCUT2D eigenvalue weighted by Crippen LogP contribution is 2.27. The van der Waals surface area contributed by atoms with Crippen molar-refractivity contribution >= 4 is 17.4 Å². The van der Waals surface area contributed by atoms with Crippen LogP contribution in [0.4, 0.5) is 10.2 Å². The molecule has 4 rings (SSSR count). The number of oxime groups is 1. The summed E-state index contributed by atoms with van der Waals surface area (Å²) in [7, 11) is 1.47. The van der Waals surface area contributed by atoms with Gasteiger partial charge in [0, 0.05) is 49.4 Å². The Morgan fingerprint density at radius 2 is 1.88 bits per heavy atom. The molecule has 1 amide bonds. The average molecular weight is 455 g/mol. The van der Waals surface area contributed by atoms with Gasteiger partial charge in [-0.2, -0.15) is 0 Å². The minimum absolute atomic E-state index is 0.0422. The third-order valence-corrected chi connectivity index (χ3v) is 6.62. The van der Waals surface area contributed by atoms with E-state index in [2.05, 4.69) is 20.0 Å². The number of hydrogen-bond acceptors (Lipinski definition) is 7. The molecule has 8 nitrogen and oxygen atoms in total. The fraction of sp³-hybridized carbons (Fsp3) is 0.500. The van der Waals surface area contributed by atoms with Gasteiger partial charge in [-0.15, -0.1) is 0 Å². The molecule has 2 aromatic rings. The summed E-state index contributed by atoms with van der Waals surface area (Å²) in [5.74, 6) is 0.464. The molecule has 0 aromatic carbocycles. The van der Waals surface area contributed by atoms with Crippen molar-refractivity contribution in [1.82, 2.24) is 19.8 Å². The maximum atomic E-state index is 14.3. The van der Waals surface area contributed by atoms with Crippen LogP contribution < -0.4 is 5.73 Å². The van der Waals surface area contributed by atoms with Gasteiger partial charge in [0.25, 0.3) is 0 Å². The summed E-state index contributed by atoms with van der Waals surface area (Å²) in [4.78, 5) is 30.3. The highest BCUT2D eigenvalue weighted by molar-refractivity contribution is 6.02. The number of carbonyl (C=O) groups excluding carboxylic acids is 1. The zero-order valence-corrected chi connectivity index (χ0v) is 19.0. The molecule has 176 valence electrons. The number of hydrogen-bond donors (Lipinski definition) is 1. The average Bonchev–Trinajstić information content (AvgIpc) is 2.83. The van der Waals surface area contributed by atoms with Crippen molar-refractivity contribution in [3.8, 4) is 0 Å². The standard InChI is InChI=1S/C24H31FN6O2/c1-33-29-23(20-3-8-27-15-21(20)25)18-6-12-31(13-7-18)24(32)19-4-10-30(11-5-19)16-17-2-9-28-22(26)14-17/h2-3,8-9,14-15,18-19H,4-7,10-13,16H2,1H3,(H2,26,28)/b29-23+. The summed E-state index contributed by atoms with van der Waals surface area (Å²) in [5.41, 5.74) is 7.93. The molecule has 4 heterocycles. The number of nitrogens with two attached hydrogens (primary N) is 1. The van der Waals surface area contributed by atoms with Crippen molar-refractivity contribution in [2.24, 2.45) is 17.0 Å². The summed E-state index contributed by atoms with van der Waals surface area (Å²) < 4.78 is 14.3. The van der Waals surface area contributed by atoms with E-state index < -0.39 is 5.82 Å². The number of nitrogen functional groups attached to an aromatic ring is 1. The Morgan fingerprint density at radius 3 is 2.55 bits per heavy atom. The Kier molecular flexibility index (Phi) is 7.49. The predicted octanol–water partition coefficient (Wildman–Crippen LogP) is 2.70. The highest BCUT2D eigenvalue weighted by Gasteiger charge is 2.33. The van der Waals surface area contributed by atoms with Crippen molar-refractivity contribution in [3.05, 3.63) is 53.7 Å². The first kappa shape index (κ1) is 23.1. The van der Waals surface area contributed by atoms with Crippen molar-refractivity contribution in [3.63, 3.8) is 0 Å². The third-order valence-electron chi connectivity index (χ3n) is 6.62. The van der Waals surface area contributed by atoms with Gasteiger partial charge < -0.3 is 15.5 Å². The monoisotopic (exact) mass is 454 g/mol. The smallest absolute Gasteiger partial charge is 0.225 e. The Labute approximate surface area is 193 Å². The van der Waals surface area contributed by atoms with Gasteiger partial charge in [-0.3, -0.25) is 14.7 Å². The van der Waals surface area contributed by atoms with Gasteiger partial charge >= 0.3 is 0 Å². The molecule has 0 aliphatic carbocycles. The van der Waals surface area contributed by atoms with Crippen LogP contribution in [0.5, 0.6) is 0 Å². The van der Waals surface area contributed by atoms with E-state index in [9.17, 15) is 9.18 Å². The van der Waals surface area contributed by atoms with Crippen LogP contribution in [0.1, 0.15) is 36.8 Å². The normalized spacial score (nSPS) is 19.0. The maximum Gasteiger partial charge on any atom is 0.225 e. The maximum absolute atomic E-state index is 14.3. The lowest BCUT2D eigenvalue weighted by Gasteiger charge is -2.37. The molecule has 0 saturated carbocycles. The van der Waals surface area contributed by atoms with Crippen LogP contribution in [0, 0.1) is 17.7 Å². The summed E-state index contributed by atoms with van der Waals surface area (Å²) in [5, 5.41) is 4.11. The molecule has 2 fully saturated rings. The van der Waals surface area contributed by atoms with Gasteiger partial charge in [0.1, 0.15) is 12.9 Å². The molecule has 0 radical (unpaired) electrons. The van der Waals surface area contributed by atoms with Gasteiger partial charge in [-0.1, -0.05) is 5.16 Å². The Morgan fingerprint density at radius 1 is 1.15 bits per heavy atom. The van der Waals surface area contributed by atoms with Gasteiger partial charge in [0.15, 0.2) is 5.82 Å². The number of amides is 1. The van der Waals surface area contributed by atoms with Crippen molar-refractivity contribution in [2.75, 3.05) is 39.0 Å². The lowest BCUT2D eigenvalue weighted by Crippen LogP contribution is -2.46. The Bertz CT molecular complexity index is 984. The summed E-state index contributed by atoms with van der Waals surface area (Å²) in [6, 6.07) is 5.51. The van der Waals surface area contributed by atoms with Crippen LogP contribution in [-0.4, -0.2) is 64.7 Å². The van der Waals surface area contributed by atoms with Crippen molar-refractivity contribution < 1.29 is 14.0 Å². The Balaban J connectivity index is 1.29. The first-order chi connectivity index (χ1) is 16.0. The van der Waals surface area contributed by atoms with Crippen LogP contribution in [0.15, 0.2) is 41.9 Å². The van der Waals surface area contributed by atoms with E-state index in [1.54, 1.807) is 18.5 Å². The minimum atomic E-state index is -0.409. The van der Waals surface area contributed by atoms with Crippen molar-refractivity contribution in [1.29, 1.82) is 0 Å². The second kappa shape index (κ2) is 10.7. The van der Waals surface area contributed by atoms with Crippen LogP contribution >= 0.6 is 0 Å². The number of pyridine rings is 2. The number of rotatable bonds is 6. The minimum Gasteiger partial charge on any atom is -0.399 e. The number of halogens is 1. The summed E-state index contributed by atoms with van der Waals surface area (Å²) >= 11 is 0. The lowest BCUT2D eigenvalue weighted by atomic mass is 9.87. The van der Waals surface area contributed by atoms with Gasteiger partial charge in [-0.05, 0) is 62.5 Å². The molecule has 0 unspecified atom stereocenters. The zero-order chi connectivity index (χ0) is 23.2. The molecule has 0 spiro atoms. The summed E-state index contributed by atoms with van der Waals surface area (Å²) in [6.07, 6.45) is 7.66. The predicted molar refractivity (Wildman–Crippen MR) is 124 cm³/mol. The van der Waals surface area contributed by atoms with Crippen LogP contribution in [-0.2, 0) is 16.2 Å². The lowest BCUT2D eigenvalue weighted by molar-refractivity contribution is -0.138. The highest BCUT2D eigenvalue weighted by atomic mass is 19.1. The fourth-order valence-electron chi connectivity index (χ4n) is 4.85. The van der Waals surface area contributed by atoms with E-state index in [4.69, 9.17) is 10.6 Å². The molecule has 2 aliphatic rings. The van der Waals surface area contributed by atoms with Gasteiger partial charge in [0.2, 0.25) is 5.91 Å². The quantitative estimate of drug-likeness (QED) is 0.533. The van der Waals surface area contributed by atoms with Crippen molar-refractivity contribution in [2.45, 2.75) is 32.2 Å². The number of piperidine rings is 2. The molecule has 9 heteroatoms. The molecule has 2 aliphatic heterocycles. The number of anilines is 1. The van der Waals surface area contributed by atoms with E-state index in [-0.39, 0.29) is 17.7 Å². The third kappa shape index (κ3) is 5.65. The molecule has 33 heavy (non-hydrogen) atoms. The van der Waals surface area contributed by atoms with Crippen LogP contribution in [0.25, 0.3) is 0 Å². The van der Waals surface area contributed by atoms with E-state index in [1.807, 2.05) is 17.0 Å².